The number of fused-ring (bicyclic) bond motifs is 1. The second-order valence-corrected chi connectivity index (χ2v) is 15.4. The fourth-order valence-electron chi connectivity index (χ4n) is 5.24. The van der Waals surface area contributed by atoms with Gasteiger partial charge >= 0.3 is 6.03 Å². The van der Waals surface area contributed by atoms with Crippen LogP contribution in [-0.2, 0) is 37.5 Å². The van der Waals surface area contributed by atoms with Crippen LogP contribution in [0.1, 0.15) is 118 Å². The van der Waals surface area contributed by atoms with Crippen molar-refractivity contribution in [1.29, 1.82) is 0 Å². The summed E-state index contributed by atoms with van der Waals surface area (Å²) < 4.78 is 19.7. The van der Waals surface area contributed by atoms with Gasteiger partial charge in [0.2, 0.25) is 5.91 Å². The summed E-state index contributed by atoms with van der Waals surface area (Å²) in [6.07, 6.45) is 11.3. The molecule has 0 aliphatic carbocycles. The van der Waals surface area contributed by atoms with Gasteiger partial charge in [-0.2, -0.15) is 11.8 Å². The summed E-state index contributed by atoms with van der Waals surface area (Å²) in [7, 11) is 0. The lowest BCUT2D eigenvalue weighted by atomic mass is 9.93. The summed E-state index contributed by atoms with van der Waals surface area (Å²) in [6, 6.07) is 0.607. The first kappa shape index (κ1) is 44.4. The SMILES string of the molecule is CCCCn1cc(C(C)(C)C)nn1.CCNC(=O)CCCCCC1SC[C@@H]2NC(=O)N[C@H]12.CCOCCOCCOCCn1cc(C(C)C)nn1. The molecule has 3 N–H and O–H groups in total. The van der Waals surface area contributed by atoms with Gasteiger partial charge in [-0.3, -0.25) is 9.48 Å². The van der Waals surface area contributed by atoms with E-state index in [-0.39, 0.29) is 17.4 Å². The van der Waals surface area contributed by atoms with E-state index >= 15 is 0 Å². The van der Waals surface area contributed by atoms with Gasteiger partial charge in [-0.25, -0.2) is 9.48 Å². The monoisotopic (exact) mass is 737 g/mol. The normalized spacial score (nSPS) is 18.0. The first-order chi connectivity index (χ1) is 24.5. The Balaban J connectivity index is 0.000000271. The number of unbranched alkanes of at least 4 members (excludes halogenated alkanes) is 3. The molecule has 2 aliphatic heterocycles. The van der Waals surface area contributed by atoms with Crippen LogP contribution in [0.15, 0.2) is 12.4 Å². The Kier molecular flexibility index (Phi) is 22.0. The lowest BCUT2D eigenvalue weighted by Gasteiger charge is -2.16. The van der Waals surface area contributed by atoms with Crippen molar-refractivity contribution in [3.63, 3.8) is 0 Å². The molecule has 4 heterocycles. The summed E-state index contributed by atoms with van der Waals surface area (Å²) >= 11 is 1.95. The highest BCUT2D eigenvalue weighted by atomic mass is 32.2. The van der Waals surface area contributed by atoms with Crippen molar-refractivity contribution in [2.75, 3.05) is 51.9 Å². The van der Waals surface area contributed by atoms with Crippen LogP contribution in [0.5, 0.6) is 0 Å². The molecule has 3 amide bonds. The zero-order chi connectivity index (χ0) is 37.5. The molecule has 2 fully saturated rings. The maximum atomic E-state index is 11.3. The zero-order valence-electron chi connectivity index (χ0n) is 32.6. The predicted molar refractivity (Wildman–Crippen MR) is 203 cm³/mol. The molecule has 2 saturated heterocycles. The maximum Gasteiger partial charge on any atom is 0.315 e. The van der Waals surface area contributed by atoms with Gasteiger partial charge in [0.25, 0.3) is 0 Å². The second-order valence-electron chi connectivity index (χ2n) is 14.1. The summed E-state index contributed by atoms with van der Waals surface area (Å²) in [5.74, 6) is 1.59. The first-order valence-electron chi connectivity index (χ1n) is 19.0. The molecule has 0 bridgehead atoms. The average Bonchev–Trinajstić information content (AvgIpc) is 3.89. The Morgan fingerprint density at radius 1 is 0.922 bits per heavy atom. The first-order valence-corrected chi connectivity index (χ1v) is 20.0. The van der Waals surface area contributed by atoms with E-state index in [4.69, 9.17) is 14.2 Å². The number of nitrogens with one attached hydrogen (secondary N) is 3. The van der Waals surface area contributed by atoms with E-state index in [0.717, 1.165) is 62.5 Å². The number of ether oxygens (including phenoxy) is 3. The van der Waals surface area contributed by atoms with Crippen molar-refractivity contribution >= 4 is 23.7 Å². The van der Waals surface area contributed by atoms with Crippen molar-refractivity contribution in [1.82, 2.24) is 45.9 Å². The van der Waals surface area contributed by atoms with Crippen LogP contribution < -0.4 is 16.0 Å². The third-order valence-corrected chi connectivity index (χ3v) is 9.82. The number of amides is 3. The van der Waals surface area contributed by atoms with E-state index in [1.54, 1.807) is 0 Å². The number of hydrogen-bond donors (Lipinski definition) is 3. The number of hydrogen-bond acceptors (Lipinski definition) is 10. The Hall–Kier alpha value is -2.75. The Morgan fingerprint density at radius 2 is 1.61 bits per heavy atom. The van der Waals surface area contributed by atoms with Crippen LogP contribution >= 0.6 is 11.8 Å². The minimum Gasteiger partial charge on any atom is -0.379 e. The molecule has 2 aliphatic rings. The number of carbonyl (C=O) groups excluding carboxylic acids is 2. The summed E-state index contributed by atoms with van der Waals surface area (Å²) in [5.41, 5.74) is 2.20. The number of rotatable bonds is 21. The Morgan fingerprint density at radius 3 is 2.24 bits per heavy atom. The highest BCUT2D eigenvalue weighted by Crippen LogP contribution is 2.33. The third kappa shape index (κ3) is 18.5. The predicted octanol–water partition coefficient (Wildman–Crippen LogP) is 5.09. The van der Waals surface area contributed by atoms with Gasteiger partial charge < -0.3 is 30.2 Å². The summed E-state index contributed by atoms with van der Waals surface area (Å²) in [5, 5.41) is 25.7. The minimum atomic E-state index is -0.0171. The number of aromatic nitrogens is 6. The van der Waals surface area contributed by atoms with Gasteiger partial charge in [0.05, 0.1) is 63.1 Å². The molecule has 0 radical (unpaired) electrons. The molecule has 0 saturated carbocycles. The smallest absolute Gasteiger partial charge is 0.315 e. The zero-order valence-corrected chi connectivity index (χ0v) is 33.4. The number of thioether (sulfide) groups is 1. The second kappa shape index (κ2) is 25.3. The molecule has 15 heteroatoms. The number of carbonyl (C=O) groups is 2. The quantitative estimate of drug-likeness (QED) is 0.116. The maximum absolute atomic E-state index is 11.3. The van der Waals surface area contributed by atoms with Crippen LogP contribution in [-0.4, -0.2) is 111 Å². The lowest BCUT2D eigenvalue weighted by molar-refractivity contribution is -0.121. The van der Waals surface area contributed by atoms with Crippen molar-refractivity contribution in [3.05, 3.63) is 23.8 Å². The third-order valence-electron chi connectivity index (χ3n) is 8.31. The fraction of sp³-hybridized carbons (Fsp3) is 0.833. The topological polar surface area (TPSA) is 159 Å². The van der Waals surface area contributed by atoms with E-state index < -0.39 is 0 Å². The van der Waals surface area contributed by atoms with Crippen LogP contribution in [0.4, 0.5) is 4.79 Å². The van der Waals surface area contributed by atoms with Gasteiger partial charge in [0, 0.05) is 54.9 Å². The van der Waals surface area contributed by atoms with Crippen LogP contribution in [0.3, 0.4) is 0 Å². The Bertz CT molecular complexity index is 1220. The van der Waals surface area contributed by atoms with Gasteiger partial charge in [0.1, 0.15) is 0 Å². The molecule has 0 spiro atoms. The van der Waals surface area contributed by atoms with E-state index in [1.165, 1.54) is 12.8 Å². The molecular weight excluding hydrogens is 671 g/mol. The molecule has 4 rings (SSSR count). The van der Waals surface area contributed by atoms with Crippen LogP contribution in [0.25, 0.3) is 0 Å². The number of nitrogens with zero attached hydrogens (tertiary/aromatic N) is 6. The molecular formula is C36H67N9O5S. The van der Waals surface area contributed by atoms with Crippen molar-refractivity contribution in [2.24, 2.45) is 0 Å². The van der Waals surface area contributed by atoms with Crippen LogP contribution in [0.2, 0.25) is 0 Å². The standard InChI is InChI=1S/C13H25N3O3.C13H23N3O2S.C10H19N3/c1-4-17-7-8-19-10-9-18-6-5-16-11-13(12(2)3)14-15-16;1-2-14-11(17)7-5-3-4-6-10-12-9(8-19-10)15-13(18)16-12;1-5-6-7-13-8-9(11-12-13)10(2,3)4/h11-12H,4-10H2,1-3H3;9-10,12H,2-8H2,1H3,(H,14,17)(H2,15,16,18);8H,5-7H2,1-4H3/t;9-,10?,12-;/m.0./s1. The van der Waals surface area contributed by atoms with Crippen molar-refractivity contribution in [2.45, 2.75) is 142 Å². The molecule has 2 aromatic heterocycles. The van der Waals surface area contributed by atoms with Crippen molar-refractivity contribution < 1.29 is 23.8 Å². The molecule has 51 heavy (non-hydrogen) atoms. The molecule has 1 unspecified atom stereocenters. The molecule has 14 nitrogen and oxygen atoms in total. The highest BCUT2D eigenvalue weighted by molar-refractivity contribution is 8.00. The summed E-state index contributed by atoms with van der Waals surface area (Å²) in [6.45, 7) is 23.0. The number of aryl methyl sites for hydroxylation is 1. The van der Waals surface area contributed by atoms with E-state index in [2.05, 4.69) is 84.3 Å². The molecule has 2 aromatic rings. The van der Waals surface area contributed by atoms with E-state index in [0.29, 0.717) is 69.3 Å². The lowest BCUT2D eigenvalue weighted by Crippen LogP contribution is -2.36. The van der Waals surface area contributed by atoms with Gasteiger partial charge in [0.15, 0.2) is 0 Å². The van der Waals surface area contributed by atoms with E-state index in [1.807, 2.05) is 41.2 Å². The molecule has 3 atom stereocenters. The van der Waals surface area contributed by atoms with Crippen LogP contribution in [0, 0.1) is 0 Å². The minimum absolute atomic E-state index is 0.0171. The summed E-state index contributed by atoms with van der Waals surface area (Å²) in [4.78, 5) is 22.5. The fourth-order valence-corrected chi connectivity index (χ4v) is 6.78. The largest absolute Gasteiger partial charge is 0.379 e. The Labute approximate surface area is 310 Å². The van der Waals surface area contributed by atoms with Crippen molar-refractivity contribution in [3.8, 4) is 0 Å². The van der Waals surface area contributed by atoms with E-state index in [9.17, 15) is 9.59 Å². The van der Waals surface area contributed by atoms with Gasteiger partial charge in [-0.05, 0) is 39.0 Å². The highest BCUT2D eigenvalue weighted by Gasteiger charge is 2.42. The van der Waals surface area contributed by atoms with Gasteiger partial charge in [-0.1, -0.05) is 71.2 Å². The van der Waals surface area contributed by atoms with Gasteiger partial charge in [-0.15, -0.1) is 10.2 Å². The average molecular weight is 738 g/mol. The molecule has 292 valence electrons. The molecule has 0 aromatic carbocycles. The number of urea groups is 1.